The van der Waals surface area contributed by atoms with Crippen molar-refractivity contribution >= 4 is 10.1 Å². The van der Waals surface area contributed by atoms with Gasteiger partial charge in [-0.25, -0.2) is 0 Å². The number of hydrogen-bond acceptors (Lipinski definition) is 3. The zero-order valence-corrected chi connectivity index (χ0v) is 6.39. The Morgan fingerprint density at radius 3 is 2.60 bits per heavy atom. The van der Waals surface area contributed by atoms with Gasteiger partial charge in [0.25, 0.3) is 10.1 Å². The quantitative estimate of drug-likeness (QED) is 0.332. The molecule has 0 aromatic heterocycles. The smallest absolute Gasteiger partial charge is 0.266 e. The van der Waals surface area contributed by atoms with Crippen molar-refractivity contribution in [2.24, 2.45) is 0 Å². The molecule has 0 saturated heterocycles. The van der Waals surface area contributed by atoms with Gasteiger partial charge in [-0.15, -0.1) is 6.58 Å². The summed E-state index contributed by atoms with van der Waals surface area (Å²) in [4.78, 5) is 0. The molecule has 0 bridgehead atoms. The second kappa shape index (κ2) is 4.43. The second-order valence-electron chi connectivity index (χ2n) is 1.78. The summed E-state index contributed by atoms with van der Waals surface area (Å²) < 4.78 is 28.4. The molecule has 0 aromatic rings. The minimum absolute atomic E-state index is 0.249. The van der Waals surface area contributed by atoms with Crippen molar-refractivity contribution in [2.45, 2.75) is 0 Å². The molecule has 0 saturated carbocycles. The van der Waals surface area contributed by atoms with Crippen LogP contribution in [0.4, 0.5) is 0 Å². The molecule has 0 fully saturated rings. The van der Waals surface area contributed by atoms with Gasteiger partial charge in [0.05, 0.1) is 5.75 Å². The Morgan fingerprint density at radius 1 is 1.60 bits per heavy atom. The van der Waals surface area contributed by atoms with E-state index in [1.807, 2.05) is 0 Å². The first kappa shape index (κ1) is 9.61. The van der Waals surface area contributed by atoms with Crippen LogP contribution in [0, 0.1) is 0 Å². The molecule has 0 aliphatic carbocycles. The van der Waals surface area contributed by atoms with E-state index in [0.717, 1.165) is 0 Å². The van der Waals surface area contributed by atoms with Gasteiger partial charge in [-0.1, -0.05) is 6.08 Å². The summed E-state index contributed by atoms with van der Waals surface area (Å²) in [6, 6.07) is 0. The van der Waals surface area contributed by atoms with Crippen molar-refractivity contribution in [1.82, 2.24) is 5.32 Å². The maximum absolute atomic E-state index is 10.1. The molecule has 0 rings (SSSR count). The van der Waals surface area contributed by atoms with Gasteiger partial charge in [-0.05, 0) is 0 Å². The fourth-order valence-corrected chi connectivity index (χ4v) is 0.808. The van der Waals surface area contributed by atoms with Crippen LogP contribution < -0.4 is 5.32 Å². The molecule has 4 nitrogen and oxygen atoms in total. The Hall–Kier alpha value is -0.390. The third-order valence-electron chi connectivity index (χ3n) is 0.825. The summed E-state index contributed by atoms with van der Waals surface area (Å²) in [7, 11) is -3.80. The number of nitrogens with one attached hydrogen (secondary N) is 1. The van der Waals surface area contributed by atoms with E-state index in [1.165, 1.54) is 0 Å². The molecule has 10 heavy (non-hydrogen) atoms. The lowest BCUT2D eigenvalue weighted by Gasteiger charge is -1.97. The zero-order valence-electron chi connectivity index (χ0n) is 5.58. The first-order valence-corrected chi connectivity index (χ1v) is 4.44. The molecule has 60 valence electrons. The van der Waals surface area contributed by atoms with Crippen LogP contribution in [-0.4, -0.2) is 31.8 Å². The molecule has 0 aliphatic rings. The van der Waals surface area contributed by atoms with Crippen molar-refractivity contribution < 1.29 is 13.0 Å². The topological polar surface area (TPSA) is 66.4 Å². The van der Waals surface area contributed by atoms with Crippen LogP contribution in [-0.2, 0) is 10.1 Å². The largest absolute Gasteiger partial charge is 0.312 e. The normalized spacial score (nSPS) is 11.3. The molecular weight excluding hydrogens is 154 g/mol. The number of hydrogen-bond donors (Lipinski definition) is 2. The van der Waals surface area contributed by atoms with Crippen molar-refractivity contribution in [1.29, 1.82) is 0 Å². The first-order chi connectivity index (χ1) is 4.56. The molecule has 0 unspecified atom stereocenters. The van der Waals surface area contributed by atoms with E-state index in [2.05, 4.69) is 11.9 Å². The predicted octanol–water partition coefficient (Wildman–Crippen LogP) is -0.350. The van der Waals surface area contributed by atoms with E-state index >= 15 is 0 Å². The summed E-state index contributed by atoms with van der Waals surface area (Å²) in [6.07, 6.45) is 1.62. The average Bonchev–Trinajstić information content (AvgIpc) is 1.78. The van der Waals surface area contributed by atoms with E-state index in [4.69, 9.17) is 4.55 Å². The predicted molar refractivity (Wildman–Crippen MR) is 39.5 cm³/mol. The lowest BCUT2D eigenvalue weighted by atomic mass is 10.6. The standard InChI is InChI=1S/C5H11NO3S/c1-2-3-6-4-5-10(7,8)9/h2,6H,1,3-5H2,(H,7,8,9). The van der Waals surface area contributed by atoms with E-state index in [9.17, 15) is 8.42 Å². The maximum atomic E-state index is 10.1. The Morgan fingerprint density at radius 2 is 2.20 bits per heavy atom. The van der Waals surface area contributed by atoms with Gasteiger partial charge in [0, 0.05) is 13.1 Å². The van der Waals surface area contributed by atoms with Crippen molar-refractivity contribution in [3.63, 3.8) is 0 Å². The Bertz CT molecular complexity index is 185. The van der Waals surface area contributed by atoms with E-state index < -0.39 is 10.1 Å². The molecule has 0 radical (unpaired) electrons. The summed E-state index contributed by atoms with van der Waals surface area (Å²) in [5.74, 6) is -0.249. The van der Waals surface area contributed by atoms with Gasteiger partial charge >= 0.3 is 0 Å². The fraction of sp³-hybridized carbons (Fsp3) is 0.600. The summed E-state index contributed by atoms with van der Waals surface area (Å²) in [5, 5.41) is 2.73. The highest BCUT2D eigenvalue weighted by Gasteiger charge is 2.01. The van der Waals surface area contributed by atoms with Gasteiger partial charge in [0.1, 0.15) is 0 Å². The second-order valence-corrected chi connectivity index (χ2v) is 3.35. The molecule has 0 spiro atoms. The molecule has 0 aliphatic heterocycles. The van der Waals surface area contributed by atoms with Gasteiger partial charge in [0.15, 0.2) is 0 Å². The van der Waals surface area contributed by atoms with Crippen LogP contribution in [0.5, 0.6) is 0 Å². The summed E-state index contributed by atoms with van der Waals surface area (Å²) in [5.41, 5.74) is 0. The molecule has 0 amide bonds. The molecule has 0 atom stereocenters. The Kier molecular flexibility index (Phi) is 4.26. The summed E-state index contributed by atoms with van der Waals surface area (Å²) in [6.45, 7) is 4.23. The average molecular weight is 165 g/mol. The van der Waals surface area contributed by atoms with Crippen molar-refractivity contribution in [2.75, 3.05) is 18.8 Å². The van der Waals surface area contributed by atoms with Crippen LogP contribution in [0.1, 0.15) is 0 Å². The first-order valence-electron chi connectivity index (χ1n) is 2.83. The molecule has 0 aromatic carbocycles. The highest BCUT2D eigenvalue weighted by Crippen LogP contribution is 1.77. The third kappa shape index (κ3) is 7.61. The molecule has 0 heterocycles. The SMILES string of the molecule is C=CCNCCS(=O)(=O)O. The van der Waals surface area contributed by atoms with Crippen molar-refractivity contribution in [3.05, 3.63) is 12.7 Å². The molecule has 5 heteroatoms. The summed E-state index contributed by atoms with van der Waals surface area (Å²) >= 11 is 0. The number of rotatable bonds is 5. The Balaban J connectivity index is 3.29. The highest BCUT2D eigenvalue weighted by molar-refractivity contribution is 7.85. The van der Waals surface area contributed by atoms with E-state index in [0.29, 0.717) is 6.54 Å². The fourth-order valence-electron chi connectivity index (χ4n) is 0.405. The highest BCUT2D eigenvalue weighted by atomic mass is 32.2. The lowest BCUT2D eigenvalue weighted by molar-refractivity contribution is 0.481. The monoisotopic (exact) mass is 165 g/mol. The minimum atomic E-state index is -3.80. The van der Waals surface area contributed by atoms with Gasteiger partial charge in [-0.2, -0.15) is 8.42 Å². The lowest BCUT2D eigenvalue weighted by Crippen LogP contribution is -2.22. The van der Waals surface area contributed by atoms with Crippen LogP contribution in [0.2, 0.25) is 0 Å². The van der Waals surface area contributed by atoms with Crippen LogP contribution in [0.3, 0.4) is 0 Å². The van der Waals surface area contributed by atoms with Crippen LogP contribution in [0.15, 0.2) is 12.7 Å². The minimum Gasteiger partial charge on any atom is -0.312 e. The van der Waals surface area contributed by atoms with Gasteiger partial charge < -0.3 is 5.32 Å². The third-order valence-corrected chi connectivity index (χ3v) is 1.55. The van der Waals surface area contributed by atoms with E-state index in [1.54, 1.807) is 6.08 Å². The molecule has 2 N–H and O–H groups in total. The van der Waals surface area contributed by atoms with Crippen molar-refractivity contribution in [3.8, 4) is 0 Å². The van der Waals surface area contributed by atoms with Crippen LogP contribution >= 0.6 is 0 Å². The molecular formula is C5H11NO3S. The van der Waals surface area contributed by atoms with E-state index in [-0.39, 0.29) is 12.3 Å². The maximum Gasteiger partial charge on any atom is 0.266 e. The van der Waals surface area contributed by atoms with Gasteiger partial charge in [0.2, 0.25) is 0 Å². The zero-order chi connectivity index (χ0) is 8.04. The van der Waals surface area contributed by atoms with Crippen LogP contribution in [0.25, 0.3) is 0 Å². The van der Waals surface area contributed by atoms with Gasteiger partial charge in [-0.3, -0.25) is 4.55 Å². The Labute approximate surface area is 60.7 Å².